The van der Waals surface area contributed by atoms with E-state index in [0.717, 1.165) is 16.2 Å². The van der Waals surface area contributed by atoms with E-state index in [1.807, 2.05) is 0 Å². The Morgan fingerprint density at radius 3 is 2.79 bits per heavy atom. The van der Waals surface area contributed by atoms with Crippen LogP contribution in [0.2, 0.25) is 0 Å². The predicted octanol–water partition coefficient (Wildman–Crippen LogP) is 4.01. The number of carbonyl (C=O) groups is 1. The average molecular weight is 453 g/mol. The molecule has 0 atom stereocenters. The van der Waals surface area contributed by atoms with Gasteiger partial charge in [-0.25, -0.2) is 8.78 Å². The molecule has 0 radical (unpaired) electrons. The van der Waals surface area contributed by atoms with Crippen LogP contribution >= 0.6 is 0 Å². The van der Waals surface area contributed by atoms with Crippen molar-refractivity contribution in [2.24, 2.45) is 0 Å². The SMILES string of the molecule is CCOc1cc(C(=O)N(C)Cc2c[n+](O)c(C)c3cn[nH]c23)cc(F)c1-c1cccc(F)c1. The van der Waals surface area contributed by atoms with E-state index in [0.29, 0.717) is 22.3 Å². The Balaban J connectivity index is 1.68. The number of hydrogen-bond donors (Lipinski definition) is 2. The zero-order valence-corrected chi connectivity index (χ0v) is 18.4. The minimum atomic E-state index is -0.692. The maximum atomic E-state index is 15.1. The highest BCUT2D eigenvalue weighted by Crippen LogP contribution is 2.35. The van der Waals surface area contributed by atoms with Gasteiger partial charge in [0, 0.05) is 24.3 Å². The van der Waals surface area contributed by atoms with Crippen LogP contribution in [0.1, 0.15) is 28.5 Å². The number of aryl methyl sites for hydroxylation is 1. The summed E-state index contributed by atoms with van der Waals surface area (Å²) in [6.07, 6.45) is 3.09. The molecule has 4 rings (SSSR count). The average Bonchev–Trinajstić information content (AvgIpc) is 3.27. The number of hydrogen-bond acceptors (Lipinski definition) is 4. The van der Waals surface area contributed by atoms with Crippen LogP contribution in [0.15, 0.2) is 48.8 Å². The van der Waals surface area contributed by atoms with E-state index in [9.17, 15) is 14.4 Å². The number of benzene rings is 2. The summed E-state index contributed by atoms with van der Waals surface area (Å²) in [6, 6.07) is 8.12. The Hall–Kier alpha value is -4.01. The highest BCUT2D eigenvalue weighted by atomic mass is 19.1. The molecule has 0 aliphatic carbocycles. The first-order valence-corrected chi connectivity index (χ1v) is 10.3. The topological polar surface area (TPSA) is 82.3 Å². The molecule has 33 heavy (non-hydrogen) atoms. The van der Waals surface area contributed by atoms with Gasteiger partial charge >= 0.3 is 0 Å². The fourth-order valence-electron chi connectivity index (χ4n) is 3.80. The number of H-pyrrole nitrogens is 1. The van der Waals surface area contributed by atoms with E-state index in [-0.39, 0.29) is 30.0 Å². The van der Waals surface area contributed by atoms with E-state index in [2.05, 4.69) is 10.2 Å². The molecule has 2 N–H and O–H groups in total. The van der Waals surface area contributed by atoms with Gasteiger partial charge in [0.05, 0.1) is 41.4 Å². The molecular formula is C24H23F2N4O3+. The van der Waals surface area contributed by atoms with Crippen molar-refractivity contribution in [3.05, 3.63) is 77.2 Å². The Morgan fingerprint density at radius 2 is 2.06 bits per heavy atom. The predicted molar refractivity (Wildman–Crippen MR) is 117 cm³/mol. The van der Waals surface area contributed by atoms with Crippen molar-refractivity contribution >= 4 is 16.8 Å². The number of pyridine rings is 1. The van der Waals surface area contributed by atoms with Crippen LogP contribution in [-0.2, 0) is 6.54 Å². The summed E-state index contributed by atoms with van der Waals surface area (Å²) in [6.45, 7) is 3.86. The Bertz CT molecular complexity index is 1350. The van der Waals surface area contributed by atoms with Gasteiger partial charge in [0.25, 0.3) is 5.91 Å². The maximum absolute atomic E-state index is 15.1. The van der Waals surface area contributed by atoms with Crippen LogP contribution in [0.25, 0.3) is 22.0 Å². The van der Waals surface area contributed by atoms with Crippen LogP contribution in [0, 0.1) is 18.6 Å². The number of aromatic amines is 1. The summed E-state index contributed by atoms with van der Waals surface area (Å²) in [5.74, 6) is -1.49. The number of rotatable bonds is 6. The van der Waals surface area contributed by atoms with Gasteiger partial charge in [0.15, 0.2) is 0 Å². The lowest BCUT2D eigenvalue weighted by molar-refractivity contribution is -0.908. The number of fused-ring (bicyclic) bond motifs is 1. The summed E-state index contributed by atoms with van der Waals surface area (Å²) in [4.78, 5) is 14.5. The molecule has 2 aromatic carbocycles. The van der Waals surface area contributed by atoms with Gasteiger partial charge in [-0.3, -0.25) is 15.1 Å². The minimum Gasteiger partial charge on any atom is -0.493 e. The number of aromatic nitrogens is 3. The summed E-state index contributed by atoms with van der Waals surface area (Å²) >= 11 is 0. The molecular weight excluding hydrogens is 430 g/mol. The Labute approximate surface area is 188 Å². The standard InChI is InChI=1S/C24H22F2N4O3/c1-4-33-21-10-16(9-20(26)22(21)15-6-5-7-18(25)8-15)24(31)29(3)12-17-13-30(32)14(2)19-11-27-28-23(17)19/h5-11,13,32H,4,12H2,1-3H3/p+1. The number of nitrogens with zero attached hydrogens (tertiary/aromatic N) is 3. The molecule has 0 fully saturated rings. The number of halogens is 2. The first-order valence-electron chi connectivity index (χ1n) is 10.3. The molecule has 0 saturated carbocycles. The third kappa shape index (κ3) is 4.21. The second kappa shape index (κ2) is 8.85. The molecule has 4 aromatic rings. The van der Waals surface area contributed by atoms with Crippen molar-refractivity contribution in [1.29, 1.82) is 0 Å². The number of nitrogens with one attached hydrogen (secondary N) is 1. The molecule has 170 valence electrons. The zero-order chi connectivity index (χ0) is 23.7. The molecule has 2 heterocycles. The molecule has 7 nitrogen and oxygen atoms in total. The van der Waals surface area contributed by atoms with E-state index in [1.165, 1.54) is 35.4 Å². The van der Waals surface area contributed by atoms with E-state index in [4.69, 9.17) is 4.74 Å². The lowest BCUT2D eigenvalue weighted by Crippen LogP contribution is -2.35. The molecule has 0 saturated heterocycles. The van der Waals surface area contributed by atoms with Crippen LogP contribution in [0.4, 0.5) is 8.78 Å². The zero-order valence-electron chi connectivity index (χ0n) is 18.4. The number of ether oxygens (including phenoxy) is 1. The third-order valence-electron chi connectivity index (χ3n) is 5.44. The van der Waals surface area contributed by atoms with Gasteiger partial charge in [-0.05, 0) is 36.8 Å². The number of carbonyl (C=O) groups excluding carboxylic acids is 1. The molecule has 0 aliphatic rings. The molecule has 0 bridgehead atoms. The quantitative estimate of drug-likeness (QED) is 0.341. The summed E-state index contributed by atoms with van der Waals surface area (Å²) in [5, 5.41) is 17.8. The fraction of sp³-hybridized carbons (Fsp3) is 0.208. The monoisotopic (exact) mass is 453 g/mol. The molecule has 0 unspecified atom stereocenters. The van der Waals surface area contributed by atoms with Gasteiger partial charge in [0.2, 0.25) is 11.9 Å². The first-order chi connectivity index (χ1) is 15.8. The largest absolute Gasteiger partial charge is 0.493 e. The van der Waals surface area contributed by atoms with E-state index in [1.54, 1.807) is 33.2 Å². The smallest absolute Gasteiger partial charge is 0.254 e. The first kappa shape index (κ1) is 22.2. The van der Waals surface area contributed by atoms with Crippen molar-refractivity contribution in [3.8, 4) is 16.9 Å². The van der Waals surface area contributed by atoms with Crippen LogP contribution in [-0.4, -0.2) is 39.9 Å². The van der Waals surface area contributed by atoms with Gasteiger partial charge in [-0.2, -0.15) is 5.10 Å². The van der Waals surface area contributed by atoms with Crippen LogP contribution in [0.3, 0.4) is 0 Å². The van der Waals surface area contributed by atoms with Crippen LogP contribution < -0.4 is 9.47 Å². The second-order valence-corrected chi connectivity index (χ2v) is 7.68. The lowest BCUT2D eigenvalue weighted by Gasteiger charge is -2.19. The third-order valence-corrected chi connectivity index (χ3v) is 5.44. The maximum Gasteiger partial charge on any atom is 0.254 e. The minimum absolute atomic E-state index is 0.0865. The molecule has 9 heteroatoms. The molecule has 1 amide bonds. The Morgan fingerprint density at radius 1 is 1.27 bits per heavy atom. The van der Waals surface area contributed by atoms with E-state index >= 15 is 4.39 Å². The lowest BCUT2D eigenvalue weighted by atomic mass is 10.0. The summed E-state index contributed by atoms with van der Waals surface area (Å²) in [5.41, 5.74) is 2.43. The molecule has 0 aliphatic heterocycles. The normalized spacial score (nSPS) is 11.1. The van der Waals surface area contributed by atoms with Crippen molar-refractivity contribution in [2.45, 2.75) is 20.4 Å². The van der Waals surface area contributed by atoms with Gasteiger partial charge in [-0.1, -0.05) is 12.1 Å². The van der Waals surface area contributed by atoms with Crippen molar-refractivity contribution in [3.63, 3.8) is 0 Å². The van der Waals surface area contributed by atoms with E-state index < -0.39 is 17.5 Å². The summed E-state index contributed by atoms with van der Waals surface area (Å²) < 4.78 is 35.4. The molecule has 2 aromatic heterocycles. The van der Waals surface area contributed by atoms with Crippen molar-refractivity contribution in [2.75, 3.05) is 13.7 Å². The Kier molecular flexibility index (Phi) is 5.95. The fourth-order valence-corrected chi connectivity index (χ4v) is 3.80. The molecule has 0 spiro atoms. The van der Waals surface area contributed by atoms with Crippen LogP contribution in [0.5, 0.6) is 5.75 Å². The van der Waals surface area contributed by atoms with Gasteiger partial charge in [-0.15, -0.1) is 0 Å². The number of amides is 1. The van der Waals surface area contributed by atoms with Gasteiger partial charge < -0.3 is 9.64 Å². The van der Waals surface area contributed by atoms with Crippen molar-refractivity contribution < 1.29 is 28.2 Å². The highest BCUT2D eigenvalue weighted by Gasteiger charge is 2.23. The second-order valence-electron chi connectivity index (χ2n) is 7.68. The van der Waals surface area contributed by atoms with Crippen molar-refractivity contribution in [1.82, 2.24) is 15.1 Å². The highest BCUT2D eigenvalue weighted by molar-refractivity contribution is 5.96. The summed E-state index contributed by atoms with van der Waals surface area (Å²) in [7, 11) is 1.57. The van der Waals surface area contributed by atoms with Gasteiger partial charge in [0.1, 0.15) is 17.4 Å².